The molecular formula is C24H32BrFN4O. The van der Waals surface area contributed by atoms with Gasteiger partial charge in [0, 0.05) is 25.5 Å². The zero-order chi connectivity index (χ0) is 22.9. The zero-order valence-electron chi connectivity index (χ0n) is 19.5. The highest BCUT2D eigenvalue weighted by molar-refractivity contribution is 9.10. The van der Waals surface area contributed by atoms with Crippen LogP contribution in [0.15, 0.2) is 34.8 Å². The lowest BCUT2D eigenvalue weighted by Crippen LogP contribution is -2.29. The van der Waals surface area contributed by atoms with Crippen molar-refractivity contribution in [1.29, 1.82) is 0 Å². The van der Waals surface area contributed by atoms with Gasteiger partial charge in [-0.05, 0) is 81.0 Å². The number of halogens is 2. The number of hydrogen-bond acceptors (Lipinski definition) is 4. The molecule has 0 bridgehead atoms. The Bertz CT molecular complexity index is 1050. The Hall–Kier alpha value is -2.12. The van der Waals surface area contributed by atoms with Crippen molar-refractivity contribution in [2.24, 2.45) is 0 Å². The molecule has 2 aromatic carbocycles. The summed E-state index contributed by atoms with van der Waals surface area (Å²) >= 11 is 3.65. The second-order valence-electron chi connectivity index (χ2n) is 9.05. The van der Waals surface area contributed by atoms with E-state index in [-0.39, 0.29) is 6.54 Å². The van der Waals surface area contributed by atoms with Gasteiger partial charge in [0.2, 0.25) is 0 Å². The number of aryl methyl sites for hydroxylation is 2. The lowest BCUT2D eigenvalue weighted by atomic mass is 10.1. The van der Waals surface area contributed by atoms with Crippen LogP contribution in [-0.2, 0) is 6.54 Å². The SMILES string of the molecule is Cc1cccc(C)c1Oc1cc2c(N(C)CCN(C)C)nn(CC(C)(C)F)c2cc1Br. The molecule has 3 rings (SSSR count). The first-order chi connectivity index (χ1) is 14.5. The summed E-state index contributed by atoms with van der Waals surface area (Å²) in [4.78, 5) is 4.24. The quantitative estimate of drug-likeness (QED) is 0.390. The van der Waals surface area contributed by atoms with Crippen LogP contribution in [-0.4, -0.2) is 54.6 Å². The first-order valence-corrected chi connectivity index (χ1v) is 11.2. The van der Waals surface area contributed by atoms with E-state index in [1.54, 1.807) is 18.5 Å². The molecule has 0 saturated heterocycles. The number of aromatic nitrogens is 2. The van der Waals surface area contributed by atoms with Gasteiger partial charge in [0.05, 0.1) is 16.5 Å². The smallest absolute Gasteiger partial charge is 0.158 e. The molecule has 1 aromatic heterocycles. The van der Waals surface area contributed by atoms with Crippen LogP contribution in [0.1, 0.15) is 25.0 Å². The van der Waals surface area contributed by atoms with Gasteiger partial charge in [0.1, 0.15) is 17.2 Å². The summed E-state index contributed by atoms with van der Waals surface area (Å²) in [6, 6.07) is 10.1. The lowest BCUT2D eigenvalue weighted by Gasteiger charge is -2.20. The van der Waals surface area contributed by atoms with E-state index < -0.39 is 5.67 Å². The minimum atomic E-state index is -1.38. The van der Waals surface area contributed by atoms with Crippen molar-refractivity contribution in [3.63, 3.8) is 0 Å². The Balaban J connectivity index is 2.10. The average molecular weight is 491 g/mol. The van der Waals surface area contributed by atoms with E-state index in [0.29, 0.717) is 5.75 Å². The molecule has 0 atom stereocenters. The number of ether oxygens (including phenoxy) is 1. The molecule has 0 saturated carbocycles. The van der Waals surface area contributed by atoms with Gasteiger partial charge in [-0.15, -0.1) is 0 Å². The fraction of sp³-hybridized carbons (Fsp3) is 0.458. The van der Waals surface area contributed by atoms with Gasteiger partial charge in [-0.1, -0.05) is 18.2 Å². The van der Waals surface area contributed by atoms with Gasteiger partial charge >= 0.3 is 0 Å². The predicted molar refractivity (Wildman–Crippen MR) is 130 cm³/mol. The van der Waals surface area contributed by atoms with Crippen LogP contribution < -0.4 is 9.64 Å². The number of hydrogen-bond donors (Lipinski definition) is 0. The molecule has 0 amide bonds. The summed E-state index contributed by atoms with van der Waals surface area (Å²) < 4.78 is 23.4. The predicted octanol–water partition coefficient (Wildman–Crippen LogP) is 5.95. The van der Waals surface area contributed by atoms with Crippen molar-refractivity contribution >= 4 is 32.7 Å². The number of anilines is 1. The van der Waals surface area contributed by atoms with Crippen molar-refractivity contribution < 1.29 is 9.13 Å². The van der Waals surface area contributed by atoms with E-state index in [4.69, 9.17) is 9.84 Å². The molecule has 3 aromatic rings. The Morgan fingerprint density at radius 1 is 1.10 bits per heavy atom. The normalized spacial score (nSPS) is 12.1. The highest BCUT2D eigenvalue weighted by Crippen LogP contribution is 2.39. The molecule has 0 fully saturated rings. The van der Waals surface area contributed by atoms with E-state index in [1.807, 2.05) is 65.3 Å². The molecule has 0 spiro atoms. The molecule has 0 unspecified atom stereocenters. The van der Waals surface area contributed by atoms with Crippen molar-refractivity contribution in [2.75, 3.05) is 39.1 Å². The van der Waals surface area contributed by atoms with Crippen LogP contribution in [0.5, 0.6) is 11.5 Å². The molecule has 0 N–H and O–H groups in total. The first-order valence-electron chi connectivity index (χ1n) is 10.4. The van der Waals surface area contributed by atoms with Gasteiger partial charge in [0.15, 0.2) is 5.82 Å². The number of rotatable bonds is 8. The molecule has 31 heavy (non-hydrogen) atoms. The summed E-state index contributed by atoms with van der Waals surface area (Å²) in [5.74, 6) is 2.38. The van der Waals surface area contributed by atoms with Crippen molar-refractivity contribution in [1.82, 2.24) is 14.7 Å². The summed E-state index contributed by atoms with van der Waals surface area (Å²) in [5, 5.41) is 5.72. The third-order valence-electron chi connectivity index (χ3n) is 5.18. The van der Waals surface area contributed by atoms with E-state index in [2.05, 4.69) is 25.7 Å². The third kappa shape index (κ3) is 5.57. The number of likely N-dealkylation sites (N-methyl/N-ethyl adjacent to an activating group) is 2. The maximum atomic E-state index is 14.5. The minimum absolute atomic E-state index is 0.175. The van der Waals surface area contributed by atoms with Crippen molar-refractivity contribution in [3.8, 4) is 11.5 Å². The van der Waals surface area contributed by atoms with E-state index >= 15 is 0 Å². The molecule has 0 aliphatic rings. The Morgan fingerprint density at radius 3 is 2.32 bits per heavy atom. The molecule has 7 heteroatoms. The van der Waals surface area contributed by atoms with Crippen LogP contribution in [0.2, 0.25) is 0 Å². The summed E-state index contributed by atoms with van der Waals surface area (Å²) in [5.41, 5.74) is 1.65. The second-order valence-corrected chi connectivity index (χ2v) is 9.90. The molecule has 168 valence electrons. The van der Waals surface area contributed by atoms with Gasteiger partial charge in [0.25, 0.3) is 0 Å². The van der Waals surface area contributed by atoms with Gasteiger partial charge in [-0.2, -0.15) is 5.10 Å². The highest BCUT2D eigenvalue weighted by Gasteiger charge is 2.23. The fourth-order valence-electron chi connectivity index (χ4n) is 3.52. The van der Waals surface area contributed by atoms with Crippen LogP contribution in [0.3, 0.4) is 0 Å². The summed E-state index contributed by atoms with van der Waals surface area (Å²) in [6.07, 6.45) is 0. The van der Waals surface area contributed by atoms with Crippen molar-refractivity contribution in [2.45, 2.75) is 39.9 Å². The van der Waals surface area contributed by atoms with Gasteiger partial charge in [-0.3, -0.25) is 4.68 Å². The lowest BCUT2D eigenvalue weighted by molar-refractivity contribution is 0.182. The molecule has 1 heterocycles. The second kappa shape index (κ2) is 9.17. The third-order valence-corrected chi connectivity index (χ3v) is 5.80. The molecule has 0 radical (unpaired) electrons. The largest absolute Gasteiger partial charge is 0.456 e. The molecule has 5 nitrogen and oxygen atoms in total. The Labute approximate surface area is 192 Å². The average Bonchev–Trinajstić information content (AvgIpc) is 2.98. The van der Waals surface area contributed by atoms with Crippen LogP contribution in [0, 0.1) is 13.8 Å². The van der Waals surface area contributed by atoms with Crippen LogP contribution in [0.4, 0.5) is 10.2 Å². The number of alkyl halides is 1. The Kier molecular flexibility index (Phi) is 6.96. The highest BCUT2D eigenvalue weighted by atomic mass is 79.9. The number of fused-ring (bicyclic) bond motifs is 1. The molecule has 0 aliphatic heterocycles. The number of para-hydroxylation sites is 1. The van der Waals surface area contributed by atoms with Crippen LogP contribution in [0.25, 0.3) is 10.9 Å². The van der Waals surface area contributed by atoms with Gasteiger partial charge < -0.3 is 14.5 Å². The standard InChI is InChI=1S/C24H32BrFN4O/c1-16-9-8-10-17(2)22(16)31-21-13-18-20(14-19(21)25)30(15-24(3,4)26)27-23(18)29(7)12-11-28(5)6/h8-10,13-14H,11-12,15H2,1-7H3. The number of benzene rings is 2. The summed E-state index contributed by atoms with van der Waals surface area (Å²) in [6.45, 7) is 9.09. The fourth-order valence-corrected chi connectivity index (χ4v) is 3.93. The number of nitrogens with zero attached hydrogens (tertiary/aromatic N) is 4. The van der Waals surface area contributed by atoms with Crippen molar-refractivity contribution in [3.05, 3.63) is 45.9 Å². The maximum absolute atomic E-state index is 14.5. The molecule has 0 aliphatic carbocycles. The first kappa shape index (κ1) is 23.5. The van der Waals surface area contributed by atoms with Crippen LogP contribution >= 0.6 is 15.9 Å². The Morgan fingerprint density at radius 2 is 1.74 bits per heavy atom. The van der Waals surface area contributed by atoms with E-state index in [0.717, 1.165) is 51.2 Å². The minimum Gasteiger partial charge on any atom is -0.456 e. The maximum Gasteiger partial charge on any atom is 0.158 e. The zero-order valence-corrected chi connectivity index (χ0v) is 21.0. The van der Waals surface area contributed by atoms with E-state index in [1.165, 1.54) is 0 Å². The topological polar surface area (TPSA) is 33.5 Å². The van der Waals surface area contributed by atoms with E-state index in [9.17, 15) is 4.39 Å². The summed E-state index contributed by atoms with van der Waals surface area (Å²) in [7, 11) is 6.11. The monoisotopic (exact) mass is 490 g/mol. The molecular weight excluding hydrogens is 459 g/mol. The van der Waals surface area contributed by atoms with Gasteiger partial charge in [-0.25, -0.2) is 4.39 Å².